The summed E-state index contributed by atoms with van der Waals surface area (Å²) in [5.74, 6) is 1.18. The number of nitrogens with zero attached hydrogens (tertiary/aromatic N) is 2. The van der Waals surface area contributed by atoms with Crippen molar-refractivity contribution < 1.29 is 9.15 Å². The monoisotopic (exact) mass is 256 g/mol. The highest BCUT2D eigenvalue weighted by Crippen LogP contribution is 2.19. The number of hydrogen-bond acceptors (Lipinski definition) is 5. The van der Waals surface area contributed by atoms with E-state index in [9.17, 15) is 0 Å². The van der Waals surface area contributed by atoms with Crippen molar-refractivity contribution in [3.63, 3.8) is 0 Å². The van der Waals surface area contributed by atoms with Gasteiger partial charge in [0.1, 0.15) is 17.5 Å². The van der Waals surface area contributed by atoms with Crippen LogP contribution in [0.15, 0.2) is 34.0 Å². The third-order valence-corrected chi connectivity index (χ3v) is 2.52. The second-order valence-corrected chi connectivity index (χ2v) is 4.04. The van der Waals surface area contributed by atoms with Crippen molar-refractivity contribution in [3.05, 3.63) is 35.4 Å². The van der Waals surface area contributed by atoms with Crippen LogP contribution in [-0.4, -0.2) is 16.2 Å². The Hall–Kier alpha value is -1.20. The smallest absolute Gasteiger partial charge is 0.219 e. The van der Waals surface area contributed by atoms with E-state index in [1.54, 1.807) is 18.4 Å². The van der Waals surface area contributed by atoms with Crippen molar-refractivity contribution in [2.45, 2.75) is 11.8 Å². The van der Waals surface area contributed by atoms with Crippen molar-refractivity contribution in [1.29, 1.82) is 0 Å². The number of halogens is 1. The third-order valence-electron chi connectivity index (χ3n) is 1.78. The summed E-state index contributed by atoms with van der Waals surface area (Å²) in [4.78, 5) is 8.17. The molecule has 4 nitrogen and oxygen atoms in total. The summed E-state index contributed by atoms with van der Waals surface area (Å²) in [6.07, 6.45) is 3.47. The fourth-order valence-electron chi connectivity index (χ4n) is 1.08. The standard InChI is InChI=1S/C10H9ClN2O2S/c1-16-10-12-8(11)5-9(13-10)15-6-7-3-2-4-14-7/h2-5H,6H2,1H3. The number of thioether (sulfide) groups is 1. The minimum Gasteiger partial charge on any atom is -0.469 e. The molecule has 0 atom stereocenters. The summed E-state index contributed by atoms with van der Waals surface area (Å²) in [5, 5.41) is 0.954. The number of ether oxygens (including phenoxy) is 1. The van der Waals surface area contributed by atoms with E-state index in [4.69, 9.17) is 20.8 Å². The fourth-order valence-corrected chi connectivity index (χ4v) is 1.68. The van der Waals surface area contributed by atoms with E-state index in [0.29, 0.717) is 22.8 Å². The first-order valence-electron chi connectivity index (χ1n) is 4.51. The van der Waals surface area contributed by atoms with E-state index in [1.807, 2.05) is 12.3 Å². The van der Waals surface area contributed by atoms with Gasteiger partial charge in [-0.2, -0.15) is 4.98 Å². The summed E-state index contributed by atoms with van der Waals surface area (Å²) in [7, 11) is 0. The molecule has 6 heteroatoms. The number of rotatable bonds is 4. The topological polar surface area (TPSA) is 48.2 Å². The van der Waals surface area contributed by atoms with Gasteiger partial charge >= 0.3 is 0 Å². The van der Waals surface area contributed by atoms with Crippen LogP contribution in [-0.2, 0) is 6.61 Å². The molecule has 0 aromatic carbocycles. The maximum Gasteiger partial charge on any atom is 0.219 e. The van der Waals surface area contributed by atoms with Gasteiger partial charge in [-0.15, -0.1) is 0 Å². The minimum atomic E-state index is 0.328. The van der Waals surface area contributed by atoms with E-state index in [1.165, 1.54) is 11.8 Å². The van der Waals surface area contributed by atoms with Crippen LogP contribution < -0.4 is 4.74 Å². The first kappa shape index (κ1) is 11.3. The Kier molecular flexibility index (Phi) is 3.69. The van der Waals surface area contributed by atoms with Gasteiger partial charge < -0.3 is 9.15 Å². The quantitative estimate of drug-likeness (QED) is 0.478. The van der Waals surface area contributed by atoms with Crippen molar-refractivity contribution in [1.82, 2.24) is 9.97 Å². The molecule has 0 aliphatic heterocycles. The second-order valence-electron chi connectivity index (χ2n) is 2.88. The Morgan fingerprint density at radius 2 is 2.38 bits per heavy atom. The lowest BCUT2D eigenvalue weighted by Crippen LogP contribution is -1.98. The van der Waals surface area contributed by atoms with E-state index >= 15 is 0 Å². The van der Waals surface area contributed by atoms with Crippen molar-refractivity contribution in [2.75, 3.05) is 6.26 Å². The molecule has 0 spiro atoms. The molecule has 2 rings (SSSR count). The van der Waals surface area contributed by atoms with E-state index in [2.05, 4.69) is 9.97 Å². The lowest BCUT2D eigenvalue weighted by Gasteiger charge is -2.04. The molecule has 0 saturated heterocycles. The zero-order valence-corrected chi connectivity index (χ0v) is 10.1. The molecular formula is C10H9ClN2O2S. The van der Waals surface area contributed by atoms with Gasteiger partial charge in [-0.05, 0) is 18.4 Å². The molecule has 0 radical (unpaired) electrons. The number of aromatic nitrogens is 2. The molecule has 2 aromatic heterocycles. The predicted octanol–water partition coefficient (Wildman–Crippen LogP) is 3.02. The summed E-state index contributed by atoms with van der Waals surface area (Å²) >= 11 is 7.23. The molecule has 0 N–H and O–H groups in total. The van der Waals surface area contributed by atoms with Gasteiger partial charge in [-0.3, -0.25) is 0 Å². The second kappa shape index (κ2) is 5.23. The highest BCUT2D eigenvalue weighted by Gasteiger charge is 2.04. The lowest BCUT2D eigenvalue weighted by molar-refractivity contribution is 0.258. The average molecular weight is 257 g/mol. The van der Waals surface area contributed by atoms with Crippen LogP contribution in [0.2, 0.25) is 5.15 Å². The van der Waals surface area contributed by atoms with Crippen molar-refractivity contribution in [2.24, 2.45) is 0 Å². The molecule has 2 heterocycles. The molecule has 0 aliphatic carbocycles. The normalized spacial score (nSPS) is 10.4. The van der Waals surface area contributed by atoms with Crippen molar-refractivity contribution in [3.8, 4) is 5.88 Å². The first-order valence-corrected chi connectivity index (χ1v) is 6.12. The van der Waals surface area contributed by atoms with Gasteiger partial charge in [0.15, 0.2) is 5.16 Å². The summed E-state index contributed by atoms with van der Waals surface area (Å²) in [6.45, 7) is 0.328. The average Bonchev–Trinajstić information content (AvgIpc) is 2.78. The van der Waals surface area contributed by atoms with Crippen molar-refractivity contribution >= 4 is 23.4 Å². The van der Waals surface area contributed by atoms with Gasteiger partial charge in [0.2, 0.25) is 5.88 Å². The first-order chi connectivity index (χ1) is 7.78. The molecule has 16 heavy (non-hydrogen) atoms. The maximum atomic E-state index is 5.82. The van der Waals surface area contributed by atoms with Crippen LogP contribution in [0.25, 0.3) is 0 Å². The highest BCUT2D eigenvalue weighted by molar-refractivity contribution is 7.98. The lowest BCUT2D eigenvalue weighted by atomic mass is 10.5. The van der Waals surface area contributed by atoms with Crippen LogP contribution in [0.4, 0.5) is 0 Å². The van der Waals surface area contributed by atoms with Crippen LogP contribution in [0.3, 0.4) is 0 Å². The molecule has 0 aliphatic rings. The number of hydrogen-bond donors (Lipinski definition) is 0. The predicted molar refractivity (Wildman–Crippen MR) is 61.9 cm³/mol. The van der Waals surface area contributed by atoms with Crippen LogP contribution >= 0.6 is 23.4 Å². The Bertz CT molecular complexity index is 462. The van der Waals surface area contributed by atoms with Gasteiger partial charge in [0, 0.05) is 6.07 Å². The molecular weight excluding hydrogens is 248 g/mol. The minimum absolute atomic E-state index is 0.328. The fraction of sp³-hybridized carbons (Fsp3) is 0.200. The molecule has 2 aromatic rings. The molecule has 0 bridgehead atoms. The van der Waals surface area contributed by atoms with Gasteiger partial charge in [-0.1, -0.05) is 23.4 Å². The van der Waals surface area contributed by atoms with Crippen LogP contribution in [0.1, 0.15) is 5.76 Å². The summed E-state index contributed by atoms with van der Waals surface area (Å²) in [5.41, 5.74) is 0. The Morgan fingerprint density at radius 1 is 1.50 bits per heavy atom. The Labute approximate surface area is 102 Å². The summed E-state index contributed by atoms with van der Waals surface area (Å²) < 4.78 is 10.6. The molecule has 0 fully saturated rings. The largest absolute Gasteiger partial charge is 0.469 e. The van der Waals surface area contributed by atoms with Crippen LogP contribution in [0.5, 0.6) is 5.88 Å². The van der Waals surface area contributed by atoms with Crippen LogP contribution in [0, 0.1) is 0 Å². The van der Waals surface area contributed by atoms with Gasteiger partial charge in [0.05, 0.1) is 6.26 Å². The Morgan fingerprint density at radius 3 is 3.06 bits per heavy atom. The van der Waals surface area contributed by atoms with E-state index < -0.39 is 0 Å². The molecule has 0 unspecified atom stereocenters. The van der Waals surface area contributed by atoms with E-state index in [-0.39, 0.29) is 0 Å². The molecule has 0 saturated carbocycles. The number of furan rings is 1. The third kappa shape index (κ3) is 2.90. The van der Waals surface area contributed by atoms with E-state index in [0.717, 1.165) is 5.76 Å². The molecule has 84 valence electrons. The Balaban J connectivity index is 2.06. The zero-order valence-electron chi connectivity index (χ0n) is 8.51. The molecule has 0 amide bonds. The SMILES string of the molecule is CSc1nc(Cl)cc(OCc2ccco2)n1. The van der Waals surface area contributed by atoms with Gasteiger partial charge in [-0.25, -0.2) is 4.98 Å². The van der Waals surface area contributed by atoms with Gasteiger partial charge in [0.25, 0.3) is 0 Å². The highest BCUT2D eigenvalue weighted by atomic mass is 35.5. The summed E-state index contributed by atoms with van der Waals surface area (Å²) in [6, 6.07) is 5.21. The zero-order chi connectivity index (χ0) is 11.4. The maximum absolute atomic E-state index is 5.82.